The molecule has 1 aliphatic heterocycles. The van der Waals surface area contributed by atoms with E-state index in [-0.39, 0.29) is 23.7 Å². The standard InChI is InChI=1S/C17H19N3O2/c18-11-12-4-6-13(7-5-12)19-16(21)14-10-15(14)17(22)20-8-2-1-3-9-20/h4-7,14-15H,1-3,8-10H2,(H,19,21). The van der Waals surface area contributed by atoms with E-state index in [0.717, 1.165) is 25.9 Å². The second-order valence-electron chi connectivity index (χ2n) is 6.01. The molecule has 1 heterocycles. The third kappa shape index (κ3) is 3.11. The van der Waals surface area contributed by atoms with Gasteiger partial charge in [-0.3, -0.25) is 9.59 Å². The second-order valence-corrected chi connectivity index (χ2v) is 6.01. The van der Waals surface area contributed by atoms with Gasteiger partial charge in [-0.15, -0.1) is 0 Å². The first kappa shape index (κ1) is 14.6. The number of hydrogen-bond donors (Lipinski definition) is 1. The molecule has 3 rings (SSSR count). The van der Waals surface area contributed by atoms with E-state index in [1.807, 2.05) is 11.0 Å². The van der Waals surface area contributed by atoms with Crippen molar-refractivity contribution in [3.8, 4) is 6.07 Å². The Balaban J connectivity index is 1.53. The number of benzene rings is 1. The van der Waals surface area contributed by atoms with Crippen molar-refractivity contribution in [3.05, 3.63) is 29.8 Å². The molecule has 22 heavy (non-hydrogen) atoms. The summed E-state index contributed by atoms with van der Waals surface area (Å²) in [5.74, 6) is -0.304. The Morgan fingerprint density at radius 3 is 2.41 bits per heavy atom. The SMILES string of the molecule is N#Cc1ccc(NC(=O)C2CC2C(=O)N2CCCCC2)cc1. The van der Waals surface area contributed by atoms with E-state index in [0.29, 0.717) is 17.7 Å². The molecule has 2 amide bonds. The van der Waals surface area contributed by atoms with Crippen LogP contribution < -0.4 is 5.32 Å². The van der Waals surface area contributed by atoms with Crippen LogP contribution in [0, 0.1) is 23.2 Å². The number of anilines is 1. The third-order valence-electron chi connectivity index (χ3n) is 4.39. The molecule has 1 aliphatic carbocycles. The van der Waals surface area contributed by atoms with Crippen LogP contribution in [0.15, 0.2) is 24.3 Å². The Kier molecular flexibility index (Phi) is 4.10. The molecule has 0 spiro atoms. The maximum atomic E-state index is 12.3. The largest absolute Gasteiger partial charge is 0.342 e. The molecule has 2 aliphatic rings. The first-order valence-corrected chi connectivity index (χ1v) is 7.79. The molecule has 0 aromatic heterocycles. The van der Waals surface area contributed by atoms with E-state index in [9.17, 15) is 9.59 Å². The molecule has 114 valence electrons. The smallest absolute Gasteiger partial charge is 0.228 e. The average Bonchev–Trinajstić information content (AvgIpc) is 3.36. The number of nitriles is 1. The highest BCUT2D eigenvalue weighted by Crippen LogP contribution is 2.41. The molecular weight excluding hydrogens is 278 g/mol. The minimum Gasteiger partial charge on any atom is -0.342 e. The van der Waals surface area contributed by atoms with Gasteiger partial charge < -0.3 is 10.2 Å². The Morgan fingerprint density at radius 2 is 1.77 bits per heavy atom. The topological polar surface area (TPSA) is 73.2 Å². The maximum Gasteiger partial charge on any atom is 0.228 e. The van der Waals surface area contributed by atoms with Crippen LogP contribution in [0.25, 0.3) is 0 Å². The molecule has 0 bridgehead atoms. The fraction of sp³-hybridized carbons (Fsp3) is 0.471. The fourth-order valence-electron chi connectivity index (χ4n) is 2.97. The first-order valence-electron chi connectivity index (χ1n) is 7.79. The first-order chi connectivity index (χ1) is 10.7. The molecule has 1 saturated heterocycles. The Bertz CT molecular complexity index is 612. The number of piperidine rings is 1. The number of rotatable bonds is 3. The summed E-state index contributed by atoms with van der Waals surface area (Å²) in [4.78, 5) is 26.4. The molecule has 0 radical (unpaired) electrons. The predicted octanol–water partition coefficient (Wildman–Crippen LogP) is 2.15. The Hall–Kier alpha value is -2.35. The molecule has 1 aromatic rings. The lowest BCUT2D eigenvalue weighted by atomic mass is 10.1. The summed E-state index contributed by atoms with van der Waals surface area (Å²) < 4.78 is 0. The average molecular weight is 297 g/mol. The zero-order valence-corrected chi connectivity index (χ0v) is 12.4. The van der Waals surface area contributed by atoms with Gasteiger partial charge in [-0.25, -0.2) is 0 Å². The molecule has 5 nitrogen and oxygen atoms in total. The van der Waals surface area contributed by atoms with Gasteiger partial charge in [0.1, 0.15) is 0 Å². The van der Waals surface area contributed by atoms with Crippen molar-refractivity contribution in [2.24, 2.45) is 11.8 Å². The highest BCUT2D eigenvalue weighted by atomic mass is 16.2. The van der Waals surface area contributed by atoms with Gasteiger partial charge in [0.2, 0.25) is 11.8 Å². The summed E-state index contributed by atoms with van der Waals surface area (Å²) >= 11 is 0. The second kappa shape index (κ2) is 6.18. The van der Waals surface area contributed by atoms with Gasteiger partial charge in [0.15, 0.2) is 0 Å². The molecule has 1 saturated carbocycles. The van der Waals surface area contributed by atoms with Crippen LogP contribution in [0.1, 0.15) is 31.2 Å². The van der Waals surface area contributed by atoms with Gasteiger partial charge in [0, 0.05) is 18.8 Å². The van der Waals surface area contributed by atoms with Crippen LogP contribution in [0.3, 0.4) is 0 Å². The van der Waals surface area contributed by atoms with Crippen LogP contribution >= 0.6 is 0 Å². The van der Waals surface area contributed by atoms with E-state index in [4.69, 9.17) is 5.26 Å². The lowest BCUT2D eigenvalue weighted by Gasteiger charge is -2.26. The lowest BCUT2D eigenvalue weighted by Crippen LogP contribution is -2.37. The zero-order valence-electron chi connectivity index (χ0n) is 12.4. The lowest BCUT2D eigenvalue weighted by molar-refractivity contribution is -0.134. The summed E-state index contributed by atoms with van der Waals surface area (Å²) in [5.41, 5.74) is 1.22. The van der Waals surface area contributed by atoms with Gasteiger partial charge in [-0.1, -0.05) is 0 Å². The van der Waals surface area contributed by atoms with E-state index in [1.54, 1.807) is 24.3 Å². The van der Waals surface area contributed by atoms with Gasteiger partial charge in [-0.2, -0.15) is 5.26 Å². The summed E-state index contributed by atoms with van der Waals surface area (Å²) in [6, 6.07) is 8.79. The number of hydrogen-bond acceptors (Lipinski definition) is 3. The van der Waals surface area contributed by atoms with Crippen molar-refractivity contribution in [1.82, 2.24) is 4.90 Å². The minimum atomic E-state index is -0.204. The van der Waals surface area contributed by atoms with Gasteiger partial charge in [-0.05, 0) is 49.9 Å². The van der Waals surface area contributed by atoms with Crippen molar-refractivity contribution < 1.29 is 9.59 Å². The fourth-order valence-corrected chi connectivity index (χ4v) is 2.97. The quantitative estimate of drug-likeness (QED) is 0.929. The third-order valence-corrected chi connectivity index (χ3v) is 4.39. The summed E-state index contributed by atoms with van der Waals surface area (Å²) in [5, 5.41) is 11.6. The Morgan fingerprint density at radius 1 is 1.09 bits per heavy atom. The summed E-state index contributed by atoms with van der Waals surface area (Å²) in [7, 11) is 0. The number of carbonyl (C=O) groups is 2. The monoisotopic (exact) mass is 297 g/mol. The van der Waals surface area contributed by atoms with Gasteiger partial charge in [0.05, 0.1) is 23.5 Å². The number of likely N-dealkylation sites (tertiary alicyclic amines) is 1. The molecule has 1 aromatic carbocycles. The molecule has 1 N–H and O–H groups in total. The summed E-state index contributed by atoms with van der Waals surface area (Å²) in [6.07, 6.45) is 3.98. The van der Waals surface area contributed by atoms with Crippen LogP contribution in [0.4, 0.5) is 5.69 Å². The minimum absolute atomic E-state index is 0.0972. The van der Waals surface area contributed by atoms with Gasteiger partial charge >= 0.3 is 0 Å². The van der Waals surface area contributed by atoms with E-state index in [1.165, 1.54) is 6.42 Å². The van der Waals surface area contributed by atoms with Crippen molar-refractivity contribution in [2.75, 3.05) is 18.4 Å². The van der Waals surface area contributed by atoms with E-state index in [2.05, 4.69) is 5.32 Å². The normalized spacial score (nSPS) is 23.5. The number of carbonyl (C=O) groups excluding carboxylic acids is 2. The van der Waals surface area contributed by atoms with Gasteiger partial charge in [0.25, 0.3) is 0 Å². The number of nitrogens with zero attached hydrogens (tertiary/aromatic N) is 2. The highest BCUT2D eigenvalue weighted by Gasteiger charge is 2.49. The predicted molar refractivity (Wildman–Crippen MR) is 81.8 cm³/mol. The number of nitrogens with one attached hydrogen (secondary N) is 1. The molecule has 2 unspecified atom stereocenters. The summed E-state index contributed by atoms with van der Waals surface area (Å²) in [6.45, 7) is 1.67. The van der Waals surface area contributed by atoms with Crippen LogP contribution in [-0.4, -0.2) is 29.8 Å². The van der Waals surface area contributed by atoms with Crippen LogP contribution in [-0.2, 0) is 9.59 Å². The molecule has 2 atom stereocenters. The van der Waals surface area contributed by atoms with Crippen molar-refractivity contribution >= 4 is 17.5 Å². The molecule has 5 heteroatoms. The van der Waals surface area contributed by atoms with E-state index >= 15 is 0 Å². The molecule has 2 fully saturated rings. The molecular formula is C17H19N3O2. The van der Waals surface area contributed by atoms with E-state index < -0.39 is 0 Å². The zero-order chi connectivity index (χ0) is 15.5. The Labute approximate surface area is 129 Å². The van der Waals surface area contributed by atoms with Crippen molar-refractivity contribution in [3.63, 3.8) is 0 Å². The highest BCUT2D eigenvalue weighted by molar-refractivity contribution is 5.99. The van der Waals surface area contributed by atoms with Crippen molar-refractivity contribution in [1.29, 1.82) is 5.26 Å². The van der Waals surface area contributed by atoms with Crippen LogP contribution in [0.5, 0.6) is 0 Å². The van der Waals surface area contributed by atoms with Crippen molar-refractivity contribution in [2.45, 2.75) is 25.7 Å². The maximum absolute atomic E-state index is 12.3. The number of amides is 2. The van der Waals surface area contributed by atoms with Crippen LogP contribution in [0.2, 0.25) is 0 Å².